The number of hydrogen-bond donors (Lipinski definition) is 1. The Morgan fingerprint density at radius 2 is 1.91 bits per heavy atom. The Labute approximate surface area is 135 Å². The van der Waals surface area contributed by atoms with Crippen LogP contribution in [0, 0.1) is 18.3 Å². The van der Waals surface area contributed by atoms with E-state index in [0.717, 1.165) is 5.56 Å². The van der Waals surface area contributed by atoms with Gasteiger partial charge in [-0.15, -0.1) is 0 Å². The molecule has 0 aromatic heterocycles. The number of carbonyl (C=O) groups excluding carboxylic acids is 2. The second kappa shape index (κ2) is 7.23. The Bertz CT molecular complexity index is 778. The minimum atomic E-state index is -0.357. The van der Waals surface area contributed by atoms with E-state index in [2.05, 4.69) is 5.32 Å². The second-order valence-electron chi connectivity index (χ2n) is 5.15. The zero-order valence-electron chi connectivity index (χ0n) is 13.0. The highest BCUT2D eigenvalue weighted by Crippen LogP contribution is 2.17. The number of benzene rings is 2. The normalized spacial score (nSPS) is 9.78. The van der Waals surface area contributed by atoms with E-state index in [4.69, 9.17) is 5.26 Å². The highest BCUT2D eigenvalue weighted by molar-refractivity contribution is 6.02. The van der Waals surface area contributed by atoms with E-state index in [-0.39, 0.29) is 18.4 Å². The van der Waals surface area contributed by atoms with Gasteiger partial charge in [0.25, 0.3) is 0 Å². The van der Waals surface area contributed by atoms with Crippen molar-refractivity contribution < 1.29 is 9.59 Å². The largest absolute Gasteiger partial charge is 0.323 e. The standard InChI is InChI=1S/C18H17N3O2/c1-13-6-5-8-16(10-13)21(14(2)22)12-18(23)20-17-9-4-3-7-15(17)11-19/h3-10H,12H2,1-2H3,(H,20,23). The summed E-state index contributed by atoms with van der Waals surface area (Å²) in [6.45, 7) is 3.22. The summed E-state index contributed by atoms with van der Waals surface area (Å²) in [4.78, 5) is 25.5. The number of hydrogen-bond acceptors (Lipinski definition) is 3. The maximum absolute atomic E-state index is 12.2. The molecule has 0 unspecified atom stereocenters. The Hall–Kier alpha value is -3.13. The summed E-state index contributed by atoms with van der Waals surface area (Å²) in [5.74, 6) is -0.580. The first-order valence-corrected chi connectivity index (χ1v) is 7.15. The van der Waals surface area contributed by atoms with E-state index < -0.39 is 0 Å². The average Bonchev–Trinajstić information content (AvgIpc) is 2.53. The second-order valence-corrected chi connectivity index (χ2v) is 5.15. The molecule has 0 spiro atoms. The van der Waals surface area contributed by atoms with Crippen LogP contribution < -0.4 is 10.2 Å². The summed E-state index contributed by atoms with van der Waals surface area (Å²) in [5, 5.41) is 11.7. The Kier molecular flexibility index (Phi) is 5.11. The lowest BCUT2D eigenvalue weighted by atomic mass is 10.2. The topological polar surface area (TPSA) is 73.2 Å². The van der Waals surface area contributed by atoms with Gasteiger partial charge < -0.3 is 10.2 Å². The predicted octanol–water partition coefficient (Wildman–Crippen LogP) is 2.86. The number of anilines is 2. The fourth-order valence-corrected chi connectivity index (χ4v) is 2.20. The van der Waals surface area contributed by atoms with Gasteiger partial charge in [0.05, 0.1) is 11.3 Å². The predicted molar refractivity (Wildman–Crippen MR) is 89.0 cm³/mol. The molecule has 1 N–H and O–H groups in total. The molecule has 0 saturated heterocycles. The van der Waals surface area contributed by atoms with E-state index in [0.29, 0.717) is 16.9 Å². The maximum Gasteiger partial charge on any atom is 0.244 e. The molecule has 2 aromatic rings. The number of nitriles is 1. The van der Waals surface area contributed by atoms with Crippen molar-refractivity contribution in [2.45, 2.75) is 13.8 Å². The lowest BCUT2D eigenvalue weighted by molar-refractivity contribution is -0.120. The van der Waals surface area contributed by atoms with Gasteiger partial charge in [-0.3, -0.25) is 9.59 Å². The summed E-state index contributed by atoms with van der Waals surface area (Å²) in [5.41, 5.74) is 2.49. The van der Waals surface area contributed by atoms with Crippen molar-refractivity contribution in [1.29, 1.82) is 5.26 Å². The third-order valence-corrected chi connectivity index (χ3v) is 3.32. The number of amides is 2. The van der Waals surface area contributed by atoms with Crippen molar-refractivity contribution in [2.75, 3.05) is 16.8 Å². The number of rotatable bonds is 4. The first-order valence-electron chi connectivity index (χ1n) is 7.15. The van der Waals surface area contributed by atoms with E-state index in [1.165, 1.54) is 11.8 Å². The van der Waals surface area contributed by atoms with Crippen LogP contribution in [0.1, 0.15) is 18.1 Å². The molecule has 2 rings (SSSR count). The number of nitrogens with zero attached hydrogens (tertiary/aromatic N) is 2. The Balaban J connectivity index is 2.16. The van der Waals surface area contributed by atoms with Crippen LogP contribution in [0.2, 0.25) is 0 Å². The van der Waals surface area contributed by atoms with Gasteiger partial charge in [0.15, 0.2) is 0 Å². The van der Waals surface area contributed by atoms with Gasteiger partial charge in [0, 0.05) is 12.6 Å². The number of para-hydroxylation sites is 1. The number of carbonyl (C=O) groups is 2. The minimum Gasteiger partial charge on any atom is -0.323 e. The van der Waals surface area contributed by atoms with Gasteiger partial charge in [-0.1, -0.05) is 24.3 Å². The van der Waals surface area contributed by atoms with E-state index >= 15 is 0 Å². The molecule has 0 atom stereocenters. The Morgan fingerprint density at radius 3 is 2.57 bits per heavy atom. The van der Waals surface area contributed by atoms with Crippen LogP contribution in [0.3, 0.4) is 0 Å². The molecule has 0 bridgehead atoms. The van der Waals surface area contributed by atoms with Gasteiger partial charge >= 0.3 is 0 Å². The van der Waals surface area contributed by atoms with Crippen molar-refractivity contribution in [3.05, 3.63) is 59.7 Å². The SMILES string of the molecule is CC(=O)N(CC(=O)Nc1ccccc1C#N)c1cccc(C)c1. The molecular weight excluding hydrogens is 290 g/mol. The van der Waals surface area contributed by atoms with Gasteiger partial charge in [0.1, 0.15) is 12.6 Å². The molecule has 116 valence electrons. The lowest BCUT2D eigenvalue weighted by Gasteiger charge is -2.21. The van der Waals surface area contributed by atoms with Crippen molar-refractivity contribution in [3.8, 4) is 6.07 Å². The lowest BCUT2D eigenvalue weighted by Crippen LogP contribution is -2.36. The van der Waals surface area contributed by atoms with Gasteiger partial charge in [-0.05, 0) is 36.8 Å². The zero-order valence-corrected chi connectivity index (χ0v) is 13.0. The van der Waals surface area contributed by atoms with Gasteiger partial charge in [-0.25, -0.2) is 0 Å². The molecule has 23 heavy (non-hydrogen) atoms. The van der Waals surface area contributed by atoms with Crippen LogP contribution in [0.15, 0.2) is 48.5 Å². The molecule has 5 heteroatoms. The number of aryl methyl sites for hydroxylation is 1. The first kappa shape index (κ1) is 16.2. The van der Waals surface area contributed by atoms with Crippen LogP contribution in [0.25, 0.3) is 0 Å². The molecule has 0 fully saturated rings. The maximum atomic E-state index is 12.2. The molecule has 5 nitrogen and oxygen atoms in total. The molecule has 0 aliphatic heterocycles. The monoisotopic (exact) mass is 307 g/mol. The van der Waals surface area contributed by atoms with Crippen molar-refractivity contribution in [1.82, 2.24) is 0 Å². The summed E-state index contributed by atoms with van der Waals surface area (Å²) in [6, 6.07) is 16.1. The zero-order chi connectivity index (χ0) is 16.8. The fourth-order valence-electron chi connectivity index (χ4n) is 2.20. The van der Waals surface area contributed by atoms with Crippen LogP contribution >= 0.6 is 0 Å². The molecule has 0 aliphatic rings. The van der Waals surface area contributed by atoms with E-state index in [1.807, 2.05) is 31.2 Å². The summed E-state index contributed by atoms with van der Waals surface area (Å²) in [6.07, 6.45) is 0. The summed E-state index contributed by atoms with van der Waals surface area (Å²) < 4.78 is 0. The molecule has 0 radical (unpaired) electrons. The van der Waals surface area contributed by atoms with Crippen LogP contribution in [0.4, 0.5) is 11.4 Å². The quantitative estimate of drug-likeness (QED) is 0.944. The van der Waals surface area contributed by atoms with Crippen molar-refractivity contribution in [2.24, 2.45) is 0 Å². The van der Waals surface area contributed by atoms with E-state index in [9.17, 15) is 9.59 Å². The third-order valence-electron chi connectivity index (χ3n) is 3.32. The van der Waals surface area contributed by atoms with Crippen LogP contribution in [0.5, 0.6) is 0 Å². The number of nitrogens with one attached hydrogen (secondary N) is 1. The molecule has 2 aromatic carbocycles. The Morgan fingerprint density at radius 1 is 1.17 bits per heavy atom. The van der Waals surface area contributed by atoms with Crippen molar-refractivity contribution in [3.63, 3.8) is 0 Å². The highest BCUT2D eigenvalue weighted by atomic mass is 16.2. The van der Waals surface area contributed by atoms with Gasteiger partial charge in [-0.2, -0.15) is 5.26 Å². The van der Waals surface area contributed by atoms with Gasteiger partial charge in [0.2, 0.25) is 11.8 Å². The van der Waals surface area contributed by atoms with Crippen molar-refractivity contribution >= 4 is 23.2 Å². The first-order chi connectivity index (χ1) is 11.0. The molecule has 0 saturated carbocycles. The smallest absolute Gasteiger partial charge is 0.244 e. The molecule has 0 heterocycles. The molecule has 0 aliphatic carbocycles. The minimum absolute atomic E-state index is 0.113. The molecular formula is C18H17N3O2. The highest BCUT2D eigenvalue weighted by Gasteiger charge is 2.16. The van der Waals surface area contributed by atoms with E-state index in [1.54, 1.807) is 30.3 Å². The van der Waals surface area contributed by atoms with Crippen LogP contribution in [-0.4, -0.2) is 18.4 Å². The summed E-state index contributed by atoms with van der Waals surface area (Å²) in [7, 11) is 0. The molecule has 2 amide bonds. The van der Waals surface area contributed by atoms with Crippen LogP contribution in [-0.2, 0) is 9.59 Å². The third kappa shape index (κ3) is 4.17. The average molecular weight is 307 g/mol. The fraction of sp³-hybridized carbons (Fsp3) is 0.167. The summed E-state index contributed by atoms with van der Waals surface area (Å²) >= 11 is 0.